The van der Waals surface area contributed by atoms with Crippen LogP contribution in [0.5, 0.6) is 0 Å². The first-order chi connectivity index (χ1) is 8.54. The first kappa shape index (κ1) is 18.5. The molecule has 0 saturated carbocycles. The van der Waals surface area contributed by atoms with Crippen LogP contribution in [-0.4, -0.2) is 36.6 Å². The van der Waals surface area contributed by atoms with E-state index in [4.69, 9.17) is 0 Å². The fourth-order valence-electron chi connectivity index (χ4n) is 2.43. The Labute approximate surface area is 126 Å². The summed E-state index contributed by atoms with van der Waals surface area (Å²) in [6.45, 7) is 10.2. The van der Waals surface area contributed by atoms with Gasteiger partial charge in [0.1, 0.15) is 0 Å². The second-order valence-corrected chi connectivity index (χ2v) is 5.56. The van der Waals surface area contributed by atoms with Gasteiger partial charge >= 0.3 is 0 Å². The summed E-state index contributed by atoms with van der Waals surface area (Å²) in [4.78, 5) is 2.55. The van der Waals surface area contributed by atoms with Gasteiger partial charge in [0, 0.05) is 24.7 Å². The average molecular weight is 282 g/mol. The zero-order valence-electron chi connectivity index (χ0n) is 13.0. The van der Waals surface area contributed by atoms with E-state index in [1.165, 1.54) is 5.56 Å². The molecule has 1 aromatic carbocycles. The van der Waals surface area contributed by atoms with Gasteiger partial charge in [-0.25, -0.2) is 0 Å². The lowest BCUT2D eigenvalue weighted by atomic mass is 10.0. The van der Waals surface area contributed by atoms with E-state index in [1.807, 2.05) is 0 Å². The van der Waals surface area contributed by atoms with Gasteiger partial charge in [0.2, 0.25) is 0 Å². The van der Waals surface area contributed by atoms with Crippen LogP contribution in [-0.2, 0) is 6.42 Å². The first-order valence-corrected chi connectivity index (χ1v) is 7.01. The molecular formula is C16H30N2S. The van der Waals surface area contributed by atoms with Gasteiger partial charge in [-0.15, -0.1) is 0 Å². The Hall–Kier alpha value is -0.510. The molecule has 0 fully saturated rings. The van der Waals surface area contributed by atoms with E-state index >= 15 is 0 Å². The summed E-state index contributed by atoms with van der Waals surface area (Å²) in [6.07, 6.45) is 1.09. The summed E-state index contributed by atoms with van der Waals surface area (Å²) in [5.74, 6) is 0. The maximum absolute atomic E-state index is 3.45. The van der Waals surface area contributed by atoms with Crippen molar-refractivity contribution in [2.24, 2.45) is 0 Å². The smallest absolute Gasteiger partial charge is 0.0232 e. The van der Waals surface area contributed by atoms with Crippen molar-refractivity contribution in [1.29, 1.82) is 0 Å². The lowest BCUT2D eigenvalue weighted by Gasteiger charge is -2.34. The summed E-state index contributed by atoms with van der Waals surface area (Å²) >= 11 is 0. The second kappa shape index (κ2) is 9.40. The summed E-state index contributed by atoms with van der Waals surface area (Å²) in [5, 5.41) is 3.45. The predicted octanol–water partition coefficient (Wildman–Crippen LogP) is 3.05. The Kier molecular flexibility index (Phi) is 9.15. The second-order valence-electron chi connectivity index (χ2n) is 5.56. The van der Waals surface area contributed by atoms with Crippen molar-refractivity contribution >= 4 is 13.5 Å². The number of nitrogens with zero attached hydrogens (tertiary/aromatic N) is 1. The van der Waals surface area contributed by atoms with Crippen molar-refractivity contribution in [3.05, 3.63) is 35.9 Å². The highest BCUT2D eigenvalue weighted by Gasteiger charge is 2.18. The molecule has 0 unspecified atom stereocenters. The number of likely N-dealkylation sites (N-methyl/N-ethyl adjacent to an activating group) is 1. The maximum Gasteiger partial charge on any atom is 0.0232 e. The molecule has 1 N–H and O–H groups in total. The van der Waals surface area contributed by atoms with Crippen LogP contribution in [0.25, 0.3) is 0 Å². The summed E-state index contributed by atoms with van der Waals surface area (Å²) in [5.41, 5.74) is 1.41. The molecule has 0 aliphatic carbocycles. The minimum atomic E-state index is 0. The molecule has 110 valence electrons. The van der Waals surface area contributed by atoms with Crippen LogP contribution in [0.3, 0.4) is 0 Å². The van der Waals surface area contributed by atoms with E-state index in [2.05, 4.69) is 75.3 Å². The molecule has 0 radical (unpaired) electrons. The van der Waals surface area contributed by atoms with E-state index in [0.29, 0.717) is 18.1 Å². The topological polar surface area (TPSA) is 15.3 Å². The monoisotopic (exact) mass is 282 g/mol. The molecular weight excluding hydrogens is 252 g/mol. The standard InChI is InChI=1S/C16H28N2.H2S/c1-13(2)18(14(3)4)12-16(17-5)11-15-9-7-6-8-10-15;/h6-10,13-14,16-17H,11-12H2,1-5H3;1H2/t16-;/m0./s1. The fraction of sp³-hybridized carbons (Fsp3) is 0.625. The van der Waals surface area contributed by atoms with Crippen LogP contribution >= 0.6 is 13.5 Å². The van der Waals surface area contributed by atoms with Crippen LogP contribution in [0.2, 0.25) is 0 Å². The minimum absolute atomic E-state index is 0. The number of benzene rings is 1. The van der Waals surface area contributed by atoms with E-state index in [-0.39, 0.29) is 13.5 Å². The molecule has 0 aromatic heterocycles. The number of rotatable bonds is 7. The first-order valence-electron chi connectivity index (χ1n) is 7.01. The molecule has 0 heterocycles. The van der Waals surface area contributed by atoms with E-state index < -0.39 is 0 Å². The Morgan fingerprint density at radius 1 is 1.00 bits per heavy atom. The average Bonchev–Trinajstić information content (AvgIpc) is 2.34. The van der Waals surface area contributed by atoms with Gasteiger partial charge in [-0.05, 0) is 46.7 Å². The summed E-state index contributed by atoms with van der Waals surface area (Å²) in [6, 6.07) is 12.4. The van der Waals surface area contributed by atoms with Crippen molar-refractivity contribution < 1.29 is 0 Å². The van der Waals surface area contributed by atoms with Crippen molar-refractivity contribution in [2.45, 2.75) is 52.2 Å². The van der Waals surface area contributed by atoms with Crippen LogP contribution in [0.4, 0.5) is 0 Å². The van der Waals surface area contributed by atoms with Crippen LogP contribution < -0.4 is 5.32 Å². The normalized spacial score (nSPS) is 12.8. The number of hydrogen-bond donors (Lipinski definition) is 1. The zero-order valence-corrected chi connectivity index (χ0v) is 14.0. The highest BCUT2D eigenvalue weighted by atomic mass is 32.1. The molecule has 0 saturated heterocycles. The Morgan fingerprint density at radius 2 is 1.53 bits per heavy atom. The maximum atomic E-state index is 3.45. The Morgan fingerprint density at radius 3 is 1.95 bits per heavy atom. The summed E-state index contributed by atoms with van der Waals surface area (Å²) in [7, 11) is 2.06. The van der Waals surface area contributed by atoms with E-state index in [9.17, 15) is 0 Å². The van der Waals surface area contributed by atoms with Gasteiger partial charge in [0.15, 0.2) is 0 Å². The molecule has 2 nitrogen and oxygen atoms in total. The van der Waals surface area contributed by atoms with Gasteiger partial charge < -0.3 is 5.32 Å². The SMILES string of the molecule is CN[C@@H](Cc1ccccc1)CN(C(C)C)C(C)C.S. The molecule has 0 aliphatic rings. The third-order valence-electron chi connectivity index (χ3n) is 3.49. The molecule has 1 rings (SSSR count). The molecule has 0 spiro atoms. The zero-order chi connectivity index (χ0) is 13.5. The van der Waals surface area contributed by atoms with E-state index in [1.54, 1.807) is 0 Å². The van der Waals surface area contributed by atoms with Crippen LogP contribution in [0, 0.1) is 0 Å². The van der Waals surface area contributed by atoms with Crippen molar-refractivity contribution in [2.75, 3.05) is 13.6 Å². The molecule has 0 bridgehead atoms. The predicted molar refractivity (Wildman–Crippen MR) is 90.4 cm³/mol. The largest absolute Gasteiger partial charge is 0.315 e. The lowest BCUT2D eigenvalue weighted by molar-refractivity contribution is 0.157. The fourth-order valence-corrected chi connectivity index (χ4v) is 2.43. The van der Waals surface area contributed by atoms with E-state index in [0.717, 1.165) is 13.0 Å². The van der Waals surface area contributed by atoms with Gasteiger partial charge in [-0.2, -0.15) is 13.5 Å². The number of hydrogen-bond acceptors (Lipinski definition) is 2. The molecule has 1 aromatic rings. The Balaban J connectivity index is 0.00000324. The van der Waals surface area contributed by atoms with Crippen LogP contribution in [0.15, 0.2) is 30.3 Å². The highest BCUT2D eigenvalue weighted by Crippen LogP contribution is 2.09. The van der Waals surface area contributed by atoms with Crippen molar-refractivity contribution in [3.8, 4) is 0 Å². The van der Waals surface area contributed by atoms with Gasteiger partial charge in [0.05, 0.1) is 0 Å². The van der Waals surface area contributed by atoms with Gasteiger partial charge in [0.25, 0.3) is 0 Å². The third-order valence-corrected chi connectivity index (χ3v) is 3.49. The minimum Gasteiger partial charge on any atom is -0.315 e. The molecule has 0 aliphatic heterocycles. The van der Waals surface area contributed by atoms with Crippen molar-refractivity contribution in [3.63, 3.8) is 0 Å². The van der Waals surface area contributed by atoms with Gasteiger partial charge in [-0.1, -0.05) is 30.3 Å². The lowest BCUT2D eigenvalue weighted by Crippen LogP contribution is -2.46. The molecule has 1 atom stereocenters. The van der Waals surface area contributed by atoms with Crippen molar-refractivity contribution in [1.82, 2.24) is 10.2 Å². The third kappa shape index (κ3) is 6.46. The number of nitrogens with one attached hydrogen (secondary N) is 1. The van der Waals surface area contributed by atoms with Crippen LogP contribution in [0.1, 0.15) is 33.3 Å². The van der Waals surface area contributed by atoms with Gasteiger partial charge in [-0.3, -0.25) is 4.90 Å². The molecule has 0 amide bonds. The quantitative estimate of drug-likeness (QED) is 0.827. The Bertz CT molecular complexity index is 317. The molecule has 3 heteroatoms. The molecule has 19 heavy (non-hydrogen) atoms. The summed E-state index contributed by atoms with van der Waals surface area (Å²) < 4.78 is 0. The highest BCUT2D eigenvalue weighted by molar-refractivity contribution is 7.59.